The van der Waals surface area contributed by atoms with Gasteiger partial charge in [0.25, 0.3) is 0 Å². The zero-order chi connectivity index (χ0) is 17.8. The summed E-state index contributed by atoms with van der Waals surface area (Å²) in [6.45, 7) is 2.29. The zero-order valence-corrected chi connectivity index (χ0v) is 14.5. The first-order chi connectivity index (χ1) is 12.1. The van der Waals surface area contributed by atoms with Gasteiger partial charge >= 0.3 is 5.97 Å². The van der Waals surface area contributed by atoms with Gasteiger partial charge in [0.1, 0.15) is 0 Å². The number of benzene rings is 2. The minimum absolute atomic E-state index is 0.281. The molecule has 0 aliphatic carbocycles. The van der Waals surface area contributed by atoms with E-state index in [4.69, 9.17) is 20.8 Å². The molecule has 0 radical (unpaired) electrons. The Labute approximate surface area is 149 Å². The second-order valence-corrected chi connectivity index (χ2v) is 5.81. The molecule has 0 amide bonds. The van der Waals surface area contributed by atoms with Crippen LogP contribution >= 0.6 is 11.6 Å². The van der Waals surface area contributed by atoms with Gasteiger partial charge < -0.3 is 14.5 Å². The zero-order valence-electron chi connectivity index (χ0n) is 13.7. The molecule has 0 spiro atoms. The summed E-state index contributed by atoms with van der Waals surface area (Å²) in [5.74, 6) is 0.431. The van der Waals surface area contributed by atoms with Gasteiger partial charge in [-0.05, 0) is 37.3 Å². The smallest absolute Gasteiger partial charge is 0.337 e. The maximum Gasteiger partial charge on any atom is 0.337 e. The van der Waals surface area contributed by atoms with Crippen LogP contribution in [-0.2, 0) is 11.3 Å². The average molecular weight is 358 g/mol. The number of methoxy groups -OCH3 is 1. The van der Waals surface area contributed by atoms with Crippen LogP contribution in [0.4, 0.5) is 5.69 Å². The third-order valence-electron chi connectivity index (χ3n) is 3.58. The molecule has 3 aromatic rings. The fourth-order valence-electron chi connectivity index (χ4n) is 2.21. The fraction of sp³-hybridized carbons (Fsp3) is 0.167. The largest absolute Gasteiger partial charge is 0.465 e. The van der Waals surface area contributed by atoms with Gasteiger partial charge in [-0.3, -0.25) is 0 Å². The van der Waals surface area contributed by atoms with Gasteiger partial charge in [-0.15, -0.1) is 10.2 Å². The Morgan fingerprint density at radius 3 is 2.68 bits per heavy atom. The van der Waals surface area contributed by atoms with E-state index in [-0.39, 0.29) is 6.54 Å². The van der Waals surface area contributed by atoms with Gasteiger partial charge in [0, 0.05) is 5.56 Å². The average Bonchev–Trinajstić information content (AvgIpc) is 3.10. The Bertz CT molecular complexity index is 891. The van der Waals surface area contributed by atoms with E-state index in [9.17, 15) is 4.79 Å². The minimum atomic E-state index is -0.431. The number of rotatable bonds is 5. The Morgan fingerprint density at radius 2 is 1.96 bits per heavy atom. The predicted octanol–water partition coefficient (Wildman–Crippen LogP) is 4.10. The molecule has 128 valence electrons. The van der Waals surface area contributed by atoms with Crippen LogP contribution in [0.15, 0.2) is 46.9 Å². The van der Waals surface area contributed by atoms with Crippen LogP contribution in [0, 0.1) is 6.92 Å². The van der Waals surface area contributed by atoms with E-state index in [1.807, 2.05) is 31.2 Å². The van der Waals surface area contributed by atoms with Crippen molar-refractivity contribution in [2.24, 2.45) is 0 Å². The van der Waals surface area contributed by atoms with E-state index in [2.05, 4.69) is 15.5 Å². The standard InChI is InChI=1S/C18H16ClN3O3/c1-11-3-5-12(6-4-11)17-22-21-16(25-17)10-20-15-9-13(18(23)24-2)7-8-14(15)19/h3-9,20H,10H2,1-2H3. The number of carbonyl (C=O) groups is 1. The monoisotopic (exact) mass is 357 g/mol. The van der Waals surface area contributed by atoms with Crippen molar-refractivity contribution in [1.29, 1.82) is 0 Å². The van der Waals surface area contributed by atoms with Crippen molar-refractivity contribution in [3.63, 3.8) is 0 Å². The van der Waals surface area contributed by atoms with E-state index in [1.165, 1.54) is 7.11 Å². The SMILES string of the molecule is COC(=O)c1ccc(Cl)c(NCc2nnc(-c3ccc(C)cc3)o2)c1. The normalized spacial score (nSPS) is 10.5. The number of esters is 1. The molecule has 1 heterocycles. The number of aryl methyl sites for hydroxylation is 1. The minimum Gasteiger partial charge on any atom is -0.465 e. The van der Waals surface area contributed by atoms with Crippen LogP contribution in [0.25, 0.3) is 11.5 Å². The number of ether oxygens (including phenoxy) is 1. The fourth-order valence-corrected chi connectivity index (χ4v) is 2.40. The van der Waals surface area contributed by atoms with Crippen LogP contribution in [0.5, 0.6) is 0 Å². The van der Waals surface area contributed by atoms with Gasteiger partial charge in [-0.1, -0.05) is 29.3 Å². The first-order valence-electron chi connectivity index (χ1n) is 7.58. The molecule has 0 saturated carbocycles. The summed E-state index contributed by atoms with van der Waals surface area (Å²) in [5.41, 5.74) is 3.00. The maximum absolute atomic E-state index is 11.6. The summed E-state index contributed by atoms with van der Waals surface area (Å²) in [6, 6.07) is 12.7. The van der Waals surface area contributed by atoms with E-state index in [1.54, 1.807) is 18.2 Å². The second kappa shape index (κ2) is 7.36. The lowest BCUT2D eigenvalue weighted by Gasteiger charge is -2.08. The molecule has 1 N–H and O–H groups in total. The van der Waals surface area contributed by atoms with Crippen LogP contribution in [0.1, 0.15) is 21.8 Å². The van der Waals surface area contributed by atoms with Crippen molar-refractivity contribution >= 4 is 23.3 Å². The van der Waals surface area contributed by atoms with Crippen LogP contribution in [-0.4, -0.2) is 23.3 Å². The molecule has 0 saturated heterocycles. The number of aromatic nitrogens is 2. The lowest BCUT2D eigenvalue weighted by Crippen LogP contribution is -2.04. The third kappa shape index (κ3) is 3.97. The number of halogens is 1. The van der Waals surface area contributed by atoms with Crippen molar-refractivity contribution in [3.05, 3.63) is 64.5 Å². The van der Waals surface area contributed by atoms with Crippen molar-refractivity contribution < 1.29 is 13.9 Å². The Hall–Kier alpha value is -2.86. The summed E-state index contributed by atoms with van der Waals surface area (Å²) in [4.78, 5) is 11.6. The highest BCUT2D eigenvalue weighted by Crippen LogP contribution is 2.24. The molecule has 25 heavy (non-hydrogen) atoms. The van der Waals surface area contributed by atoms with Gasteiger partial charge in [0.15, 0.2) is 0 Å². The van der Waals surface area contributed by atoms with Crippen LogP contribution in [0.2, 0.25) is 5.02 Å². The van der Waals surface area contributed by atoms with E-state index < -0.39 is 5.97 Å². The molecule has 0 aliphatic heterocycles. The number of hydrogen-bond acceptors (Lipinski definition) is 6. The van der Waals surface area contributed by atoms with E-state index >= 15 is 0 Å². The molecular weight excluding hydrogens is 342 g/mol. The quantitative estimate of drug-likeness (QED) is 0.693. The van der Waals surface area contributed by atoms with Crippen LogP contribution in [0.3, 0.4) is 0 Å². The molecular formula is C18H16ClN3O3. The van der Waals surface area contributed by atoms with Crippen molar-refractivity contribution in [1.82, 2.24) is 10.2 Å². The van der Waals surface area contributed by atoms with Crippen molar-refractivity contribution in [3.8, 4) is 11.5 Å². The summed E-state index contributed by atoms with van der Waals surface area (Å²) < 4.78 is 10.4. The second-order valence-electron chi connectivity index (χ2n) is 5.41. The Kier molecular flexibility index (Phi) is 5.00. The first kappa shape index (κ1) is 17.0. The third-order valence-corrected chi connectivity index (χ3v) is 3.91. The first-order valence-corrected chi connectivity index (χ1v) is 7.96. The summed E-state index contributed by atoms with van der Waals surface area (Å²) in [7, 11) is 1.33. The number of hydrogen-bond donors (Lipinski definition) is 1. The van der Waals surface area contributed by atoms with Crippen molar-refractivity contribution in [2.45, 2.75) is 13.5 Å². The molecule has 0 unspecified atom stereocenters. The van der Waals surface area contributed by atoms with Gasteiger partial charge in [0.2, 0.25) is 11.8 Å². The molecule has 0 aliphatic rings. The highest BCUT2D eigenvalue weighted by Gasteiger charge is 2.11. The van der Waals surface area contributed by atoms with E-state index in [0.29, 0.717) is 28.1 Å². The lowest BCUT2D eigenvalue weighted by molar-refractivity contribution is 0.0601. The van der Waals surface area contributed by atoms with Gasteiger partial charge in [-0.25, -0.2) is 4.79 Å². The molecule has 3 rings (SSSR count). The van der Waals surface area contributed by atoms with Crippen molar-refractivity contribution in [2.75, 3.05) is 12.4 Å². The predicted molar refractivity (Wildman–Crippen MR) is 94.6 cm³/mol. The molecule has 1 aromatic heterocycles. The molecule has 0 fully saturated rings. The molecule has 6 nitrogen and oxygen atoms in total. The summed E-state index contributed by atoms with van der Waals surface area (Å²) in [5, 5.41) is 11.6. The highest BCUT2D eigenvalue weighted by atomic mass is 35.5. The Morgan fingerprint density at radius 1 is 1.20 bits per heavy atom. The summed E-state index contributed by atoms with van der Waals surface area (Å²) >= 11 is 6.14. The van der Waals surface area contributed by atoms with Gasteiger partial charge in [0.05, 0.1) is 29.9 Å². The lowest BCUT2D eigenvalue weighted by atomic mass is 10.1. The topological polar surface area (TPSA) is 77.2 Å². The molecule has 0 atom stereocenters. The molecule has 0 bridgehead atoms. The van der Waals surface area contributed by atoms with Crippen LogP contribution < -0.4 is 5.32 Å². The maximum atomic E-state index is 11.6. The summed E-state index contributed by atoms with van der Waals surface area (Å²) in [6.07, 6.45) is 0. The van der Waals surface area contributed by atoms with Gasteiger partial charge in [-0.2, -0.15) is 0 Å². The number of nitrogens with one attached hydrogen (secondary N) is 1. The number of carbonyl (C=O) groups excluding carboxylic acids is 1. The molecule has 2 aromatic carbocycles. The Balaban J connectivity index is 1.72. The highest BCUT2D eigenvalue weighted by molar-refractivity contribution is 6.33. The molecule has 7 heteroatoms. The van der Waals surface area contributed by atoms with E-state index in [0.717, 1.165) is 11.1 Å². The number of anilines is 1. The number of nitrogens with zero attached hydrogens (tertiary/aromatic N) is 2.